The van der Waals surface area contributed by atoms with Crippen molar-refractivity contribution in [2.75, 3.05) is 36.4 Å². The minimum absolute atomic E-state index is 0.183. The third-order valence-corrected chi connectivity index (χ3v) is 4.79. The zero-order valence-electron chi connectivity index (χ0n) is 15.8. The number of hydrogen-bond acceptors (Lipinski definition) is 3. The van der Waals surface area contributed by atoms with Gasteiger partial charge in [-0.1, -0.05) is 26.0 Å². The number of nitrogens with one attached hydrogen (secondary N) is 1. The zero-order chi connectivity index (χ0) is 20.3. The van der Waals surface area contributed by atoms with Crippen LogP contribution in [-0.2, 0) is 6.18 Å². The minimum Gasteiger partial charge on any atom is -0.353 e. The first-order valence-electron chi connectivity index (χ1n) is 9.18. The Morgan fingerprint density at radius 2 is 1.68 bits per heavy atom. The second-order valence-electron chi connectivity index (χ2n) is 7.08. The number of piperazine rings is 1. The average molecular weight is 392 g/mol. The molecule has 1 aromatic heterocycles. The molecule has 1 aromatic carbocycles. The predicted octanol–water partition coefficient (Wildman–Crippen LogP) is 4.58. The van der Waals surface area contributed by atoms with Gasteiger partial charge in [0, 0.05) is 38.1 Å². The molecule has 5 nitrogen and oxygen atoms in total. The van der Waals surface area contributed by atoms with Crippen molar-refractivity contribution in [2.24, 2.45) is 0 Å². The maximum atomic E-state index is 12.6. The van der Waals surface area contributed by atoms with E-state index in [1.165, 1.54) is 11.6 Å². The van der Waals surface area contributed by atoms with Crippen molar-refractivity contribution in [3.63, 3.8) is 0 Å². The molecule has 2 amide bonds. The standard InChI is InChI=1S/C20H23F3N4O/c1-14(2)15-3-6-17(7-4-15)25-19(28)27-11-9-26(10-12-27)18-8-5-16(13-24-18)20(21,22)23/h3-8,13-14H,9-12H2,1-2H3,(H,25,28). The Hall–Kier alpha value is -2.77. The zero-order valence-corrected chi connectivity index (χ0v) is 15.8. The fourth-order valence-electron chi connectivity index (χ4n) is 3.03. The highest BCUT2D eigenvalue weighted by atomic mass is 19.4. The topological polar surface area (TPSA) is 48.5 Å². The molecule has 0 aliphatic carbocycles. The second-order valence-corrected chi connectivity index (χ2v) is 7.08. The van der Waals surface area contributed by atoms with E-state index in [0.717, 1.165) is 18.0 Å². The number of carbonyl (C=O) groups is 1. The van der Waals surface area contributed by atoms with E-state index in [1.807, 2.05) is 29.2 Å². The largest absolute Gasteiger partial charge is 0.417 e. The lowest BCUT2D eigenvalue weighted by Crippen LogP contribution is -2.50. The van der Waals surface area contributed by atoms with Crippen molar-refractivity contribution in [2.45, 2.75) is 25.9 Å². The number of halogens is 3. The molecule has 0 unspecified atom stereocenters. The van der Waals surface area contributed by atoms with Crippen LogP contribution in [0.2, 0.25) is 0 Å². The molecule has 0 spiro atoms. The molecule has 150 valence electrons. The van der Waals surface area contributed by atoms with Crippen molar-refractivity contribution >= 4 is 17.5 Å². The number of hydrogen-bond donors (Lipinski definition) is 1. The van der Waals surface area contributed by atoms with E-state index in [4.69, 9.17) is 0 Å². The number of anilines is 2. The highest BCUT2D eigenvalue weighted by molar-refractivity contribution is 5.89. The molecule has 3 rings (SSSR count). The van der Waals surface area contributed by atoms with Gasteiger partial charge in [-0.2, -0.15) is 13.2 Å². The number of benzene rings is 1. The van der Waals surface area contributed by atoms with Crippen LogP contribution in [0.5, 0.6) is 0 Å². The number of pyridine rings is 1. The van der Waals surface area contributed by atoms with Crippen LogP contribution < -0.4 is 10.2 Å². The minimum atomic E-state index is -4.39. The van der Waals surface area contributed by atoms with E-state index in [9.17, 15) is 18.0 Å². The molecule has 2 aromatic rings. The molecule has 1 N–H and O–H groups in total. The molecule has 0 saturated carbocycles. The number of nitrogens with zero attached hydrogens (tertiary/aromatic N) is 3. The number of amides is 2. The summed E-state index contributed by atoms with van der Waals surface area (Å²) in [5.41, 5.74) is 1.18. The van der Waals surface area contributed by atoms with Crippen LogP contribution >= 0.6 is 0 Å². The Kier molecular flexibility index (Phi) is 5.76. The average Bonchev–Trinajstić information content (AvgIpc) is 2.68. The highest BCUT2D eigenvalue weighted by Gasteiger charge is 2.31. The Balaban J connectivity index is 1.53. The molecular formula is C20H23F3N4O. The molecule has 0 atom stereocenters. The van der Waals surface area contributed by atoms with Crippen LogP contribution in [0.25, 0.3) is 0 Å². The van der Waals surface area contributed by atoms with Gasteiger partial charge in [0.05, 0.1) is 5.56 Å². The van der Waals surface area contributed by atoms with Gasteiger partial charge in [0.1, 0.15) is 5.82 Å². The van der Waals surface area contributed by atoms with Crippen LogP contribution in [0.3, 0.4) is 0 Å². The summed E-state index contributed by atoms with van der Waals surface area (Å²) >= 11 is 0. The number of rotatable bonds is 3. The lowest BCUT2D eigenvalue weighted by Gasteiger charge is -2.35. The maximum absolute atomic E-state index is 12.6. The first-order valence-corrected chi connectivity index (χ1v) is 9.18. The van der Waals surface area contributed by atoms with E-state index in [-0.39, 0.29) is 6.03 Å². The third kappa shape index (κ3) is 4.74. The van der Waals surface area contributed by atoms with Crippen molar-refractivity contribution in [1.82, 2.24) is 9.88 Å². The highest BCUT2D eigenvalue weighted by Crippen LogP contribution is 2.29. The molecular weight excluding hydrogens is 369 g/mol. The quantitative estimate of drug-likeness (QED) is 0.832. The van der Waals surface area contributed by atoms with Crippen molar-refractivity contribution in [1.29, 1.82) is 0 Å². The summed E-state index contributed by atoms with van der Waals surface area (Å²) in [6.45, 7) is 6.19. The maximum Gasteiger partial charge on any atom is 0.417 e. The third-order valence-electron chi connectivity index (χ3n) is 4.79. The fourth-order valence-corrected chi connectivity index (χ4v) is 3.03. The monoisotopic (exact) mass is 392 g/mol. The van der Waals surface area contributed by atoms with E-state index in [0.29, 0.717) is 37.9 Å². The van der Waals surface area contributed by atoms with Gasteiger partial charge >= 0.3 is 12.2 Å². The summed E-state index contributed by atoms with van der Waals surface area (Å²) in [5, 5.41) is 2.88. The molecule has 1 saturated heterocycles. The Morgan fingerprint density at radius 1 is 1.04 bits per heavy atom. The first-order chi connectivity index (χ1) is 13.2. The lowest BCUT2D eigenvalue weighted by atomic mass is 10.0. The summed E-state index contributed by atoms with van der Waals surface area (Å²) in [4.78, 5) is 19.9. The van der Waals surface area contributed by atoms with E-state index >= 15 is 0 Å². The molecule has 2 heterocycles. The van der Waals surface area contributed by atoms with Gasteiger partial charge in [-0.05, 0) is 35.7 Å². The van der Waals surface area contributed by atoms with Gasteiger partial charge in [0.25, 0.3) is 0 Å². The summed E-state index contributed by atoms with van der Waals surface area (Å²) in [6.07, 6.45) is -3.55. The lowest BCUT2D eigenvalue weighted by molar-refractivity contribution is -0.137. The summed E-state index contributed by atoms with van der Waals surface area (Å²) in [6, 6.07) is 9.97. The van der Waals surface area contributed by atoms with Gasteiger partial charge in [-0.15, -0.1) is 0 Å². The molecule has 0 bridgehead atoms. The van der Waals surface area contributed by atoms with Crippen molar-refractivity contribution in [3.05, 3.63) is 53.7 Å². The molecule has 8 heteroatoms. The summed E-state index contributed by atoms with van der Waals surface area (Å²) < 4.78 is 37.9. The van der Waals surface area contributed by atoms with Crippen LogP contribution in [0.15, 0.2) is 42.6 Å². The molecule has 1 fully saturated rings. The SMILES string of the molecule is CC(C)c1ccc(NC(=O)N2CCN(c3ccc(C(F)(F)F)cn3)CC2)cc1. The number of urea groups is 1. The Labute approximate surface area is 162 Å². The molecule has 1 aliphatic rings. The first kappa shape index (κ1) is 20.0. The van der Waals surface area contributed by atoms with Crippen LogP contribution in [0.4, 0.5) is 29.5 Å². The number of alkyl halides is 3. The molecule has 28 heavy (non-hydrogen) atoms. The second kappa shape index (κ2) is 8.08. The van der Waals surface area contributed by atoms with Crippen LogP contribution in [0.1, 0.15) is 30.9 Å². The van der Waals surface area contributed by atoms with Gasteiger partial charge in [-0.3, -0.25) is 0 Å². The van der Waals surface area contributed by atoms with Gasteiger partial charge in [0.15, 0.2) is 0 Å². The van der Waals surface area contributed by atoms with Crippen molar-refractivity contribution < 1.29 is 18.0 Å². The normalized spacial score (nSPS) is 15.1. The Morgan fingerprint density at radius 3 is 2.18 bits per heavy atom. The molecule has 1 aliphatic heterocycles. The summed E-state index contributed by atoms with van der Waals surface area (Å²) in [7, 11) is 0. The smallest absolute Gasteiger partial charge is 0.353 e. The number of aromatic nitrogens is 1. The number of carbonyl (C=O) groups excluding carboxylic acids is 1. The fraction of sp³-hybridized carbons (Fsp3) is 0.400. The van der Waals surface area contributed by atoms with Crippen LogP contribution in [0, 0.1) is 0 Å². The van der Waals surface area contributed by atoms with Gasteiger partial charge < -0.3 is 15.1 Å². The van der Waals surface area contributed by atoms with E-state index in [1.54, 1.807) is 4.90 Å². The van der Waals surface area contributed by atoms with Gasteiger partial charge in [-0.25, -0.2) is 9.78 Å². The molecule has 0 radical (unpaired) electrons. The Bertz CT molecular complexity index is 796. The predicted molar refractivity (Wildman–Crippen MR) is 103 cm³/mol. The van der Waals surface area contributed by atoms with E-state index < -0.39 is 11.7 Å². The van der Waals surface area contributed by atoms with Gasteiger partial charge in [0.2, 0.25) is 0 Å². The summed E-state index contributed by atoms with van der Waals surface area (Å²) in [5.74, 6) is 0.911. The van der Waals surface area contributed by atoms with E-state index in [2.05, 4.69) is 24.1 Å². The van der Waals surface area contributed by atoms with Crippen molar-refractivity contribution in [3.8, 4) is 0 Å². The van der Waals surface area contributed by atoms with Crippen LogP contribution in [-0.4, -0.2) is 42.1 Å².